The number of imidazole rings is 1. The Morgan fingerprint density at radius 2 is 1.73 bits per heavy atom. The van der Waals surface area contributed by atoms with Crippen molar-refractivity contribution in [2.75, 3.05) is 0 Å². The molecule has 1 heterocycles. The smallest absolute Gasteiger partial charge is 0.649 e. The van der Waals surface area contributed by atoms with Crippen molar-refractivity contribution >= 4 is 17.5 Å². The number of nitrogens with one attached hydrogen (secondary N) is 1. The van der Waals surface area contributed by atoms with Crippen LogP contribution in [-0.2, 0) is 9.53 Å². The van der Waals surface area contributed by atoms with Gasteiger partial charge in [-0.15, -0.1) is 6.07 Å². The summed E-state index contributed by atoms with van der Waals surface area (Å²) in [5.74, 6) is 0. The Morgan fingerprint density at radius 3 is 2.27 bits per heavy atom. The van der Waals surface area contributed by atoms with Gasteiger partial charge in [0.15, 0.2) is 0 Å². The average Bonchev–Trinajstić information content (AvgIpc) is 2.85. The maximum atomic E-state index is 12.0. The van der Waals surface area contributed by atoms with E-state index in [1.807, 2.05) is 42.5 Å². The second kappa shape index (κ2) is 8.75. The van der Waals surface area contributed by atoms with Crippen molar-refractivity contribution in [2.45, 2.75) is 26.4 Å². The predicted octanol–water partition coefficient (Wildman–Crippen LogP) is 0.556. The average molecular weight is 344 g/mol. The number of hydrogen-bond acceptors (Lipinski definition) is 3. The molecule has 0 aliphatic rings. The Morgan fingerprint density at radius 1 is 1.08 bits per heavy atom. The zero-order chi connectivity index (χ0) is 18.6. The summed E-state index contributed by atoms with van der Waals surface area (Å²) in [6.45, 7) is 14.5. The van der Waals surface area contributed by atoms with Gasteiger partial charge in [0.1, 0.15) is 0 Å². The molecule has 0 saturated heterocycles. The molecule has 132 valence electrons. The minimum Gasteiger partial charge on any atom is -0.649 e. The first-order valence-corrected chi connectivity index (χ1v) is 7.76. The van der Waals surface area contributed by atoms with E-state index in [1.54, 1.807) is 25.3 Å². The molecule has 5 nitrogen and oxygen atoms in total. The van der Waals surface area contributed by atoms with Crippen LogP contribution in [0.1, 0.15) is 31.9 Å². The van der Waals surface area contributed by atoms with E-state index in [9.17, 15) is 9.59 Å². The van der Waals surface area contributed by atoms with Crippen molar-refractivity contribution in [1.82, 2.24) is 9.55 Å². The van der Waals surface area contributed by atoms with Gasteiger partial charge in [0, 0.05) is 0 Å². The van der Waals surface area contributed by atoms with Gasteiger partial charge in [0.2, 0.25) is 0 Å². The zero-order valence-corrected chi connectivity index (χ0v) is 15.6. The van der Waals surface area contributed by atoms with Crippen molar-refractivity contribution < 1.29 is 28.4 Å². The molecule has 0 bridgehead atoms. The number of H-pyrrole nitrogens is 1. The van der Waals surface area contributed by atoms with Crippen LogP contribution in [0.25, 0.3) is 16.7 Å². The van der Waals surface area contributed by atoms with Crippen molar-refractivity contribution in [3.63, 3.8) is 0 Å². The summed E-state index contributed by atoms with van der Waals surface area (Å²) in [4.78, 5) is 24.3. The molecule has 0 spiro atoms. The van der Waals surface area contributed by atoms with E-state index < -0.39 is 0 Å². The van der Waals surface area contributed by atoms with Crippen molar-refractivity contribution in [3.8, 4) is 5.69 Å². The SMILES string of the molecule is CC(C)(C)O[C-]=O.[CH2-]c1ccc(-n2c(=O)[nH]c3ccccc32)cc1[CH2-].[Li+]. The monoisotopic (exact) mass is 344 g/mol. The number of aromatic nitrogens is 2. The summed E-state index contributed by atoms with van der Waals surface area (Å²) in [7, 11) is 0. The fourth-order valence-corrected chi connectivity index (χ4v) is 2.19. The van der Waals surface area contributed by atoms with Gasteiger partial charge in [-0.05, 0) is 38.6 Å². The first-order chi connectivity index (χ1) is 11.7. The van der Waals surface area contributed by atoms with E-state index in [4.69, 9.17) is 0 Å². The van der Waals surface area contributed by atoms with E-state index in [2.05, 4.69) is 23.6 Å². The largest absolute Gasteiger partial charge is 1.00 e. The number of benzene rings is 2. The van der Waals surface area contributed by atoms with Crippen LogP contribution in [0.15, 0.2) is 47.3 Å². The first kappa shape index (κ1) is 21.6. The number of ether oxygens (including phenoxy) is 1. The number of hydrogen-bond donors (Lipinski definition) is 1. The second-order valence-electron chi connectivity index (χ2n) is 6.53. The van der Waals surface area contributed by atoms with Crippen molar-refractivity contribution in [3.05, 3.63) is 77.9 Å². The van der Waals surface area contributed by atoms with Crippen LogP contribution in [0, 0.1) is 13.8 Å². The van der Waals surface area contributed by atoms with Crippen LogP contribution in [0.3, 0.4) is 0 Å². The van der Waals surface area contributed by atoms with Gasteiger partial charge < -0.3 is 14.5 Å². The molecule has 3 rings (SSSR count). The molecule has 26 heavy (non-hydrogen) atoms. The molecule has 0 unspecified atom stereocenters. The van der Waals surface area contributed by atoms with Crippen molar-refractivity contribution in [1.29, 1.82) is 0 Å². The van der Waals surface area contributed by atoms with Gasteiger partial charge in [-0.1, -0.05) is 18.6 Å². The minimum atomic E-state index is -0.373. The molecule has 0 amide bonds. The zero-order valence-electron chi connectivity index (χ0n) is 15.6. The molecule has 1 aromatic heterocycles. The minimum absolute atomic E-state index is 0. The third kappa shape index (κ3) is 5.26. The van der Waals surface area contributed by atoms with Crippen LogP contribution >= 0.6 is 0 Å². The number of fused-ring (bicyclic) bond motifs is 1. The molecule has 6 heteroatoms. The van der Waals surface area contributed by atoms with E-state index in [0.717, 1.165) is 27.8 Å². The molecule has 3 aromatic rings. The summed E-state index contributed by atoms with van der Waals surface area (Å²) in [6.07, 6.45) is 0. The van der Waals surface area contributed by atoms with Crippen LogP contribution < -0.4 is 24.6 Å². The Kier molecular flexibility index (Phi) is 7.26. The number of para-hydroxylation sites is 2. The number of carbonyl (C=O) groups excluding carboxylic acids is 1. The first-order valence-electron chi connectivity index (χ1n) is 7.76. The van der Waals surface area contributed by atoms with E-state index in [-0.39, 0.29) is 30.2 Å². The normalized spacial score (nSPS) is 10.4. The summed E-state index contributed by atoms with van der Waals surface area (Å²) in [5, 5.41) is 0. The number of aromatic amines is 1. The Labute approximate surface area is 165 Å². The van der Waals surface area contributed by atoms with E-state index in [1.165, 1.54) is 6.47 Å². The Balaban J connectivity index is 0.000000366. The predicted molar refractivity (Wildman–Crippen MR) is 99.3 cm³/mol. The summed E-state index contributed by atoms with van der Waals surface area (Å²) in [6, 6.07) is 13.2. The van der Waals surface area contributed by atoms with Crippen molar-refractivity contribution in [2.24, 2.45) is 0 Å². The summed E-state index contributed by atoms with van der Waals surface area (Å²) >= 11 is 0. The maximum absolute atomic E-state index is 12.0. The van der Waals surface area contributed by atoms with Crippen LogP contribution in [-0.4, -0.2) is 21.6 Å². The molecule has 0 radical (unpaired) electrons. The van der Waals surface area contributed by atoms with Gasteiger partial charge in [-0.2, -0.15) is 6.07 Å². The maximum Gasteiger partial charge on any atom is 1.00 e. The third-order valence-corrected chi connectivity index (χ3v) is 3.39. The molecule has 0 aliphatic carbocycles. The number of rotatable bonds is 2. The van der Waals surface area contributed by atoms with Gasteiger partial charge in [-0.25, -0.2) is 10.9 Å². The van der Waals surface area contributed by atoms with Gasteiger partial charge >= 0.3 is 24.6 Å². The molecule has 0 fully saturated rings. The van der Waals surface area contributed by atoms with Crippen LogP contribution in [0.5, 0.6) is 0 Å². The fourth-order valence-electron chi connectivity index (χ4n) is 2.19. The van der Waals surface area contributed by atoms with E-state index >= 15 is 0 Å². The quantitative estimate of drug-likeness (QED) is 0.546. The van der Waals surface area contributed by atoms with Crippen LogP contribution in [0.4, 0.5) is 0 Å². The Hall–Kier alpha value is -2.48. The topological polar surface area (TPSA) is 64.1 Å². The summed E-state index contributed by atoms with van der Waals surface area (Å²) < 4.78 is 6.07. The van der Waals surface area contributed by atoms with Gasteiger partial charge in [0.25, 0.3) is 0 Å². The molecule has 0 saturated carbocycles. The molecular weight excluding hydrogens is 323 g/mol. The fraction of sp³-hybridized carbons (Fsp3) is 0.200. The van der Waals surface area contributed by atoms with Crippen LogP contribution in [0.2, 0.25) is 0 Å². The van der Waals surface area contributed by atoms with Gasteiger partial charge in [0.05, 0.1) is 16.6 Å². The Bertz CT molecular complexity index is 936. The number of nitrogens with zero attached hydrogens (tertiary/aromatic N) is 1. The molecular formula is C20H21LiN2O3-2. The molecule has 0 aliphatic heterocycles. The van der Waals surface area contributed by atoms with E-state index in [0.29, 0.717) is 0 Å². The third-order valence-electron chi connectivity index (χ3n) is 3.39. The second-order valence-corrected chi connectivity index (χ2v) is 6.53. The molecule has 0 atom stereocenters. The standard InChI is InChI=1S/C15H12N2O.C5H9O2.Li/c1-10-7-8-12(9-11(10)2)17-14-6-4-3-5-13(14)16-15(17)18;1-5(2,3)7-4-6;/h3-9H,1-2H2,(H,16,18);1-3H3;/q-2;-1;+1. The van der Waals surface area contributed by atoms with Gasteiger partial charge in [-0.3, -0.25) is 29.5 Å². The molecule has 1 N–H and O–H groups in total. The summed E-state index contributed by atoms with van der Waals surface area (Å²) in [5.41, 5.74) is 3.66. The molecule has 2 aromatic carbocycles.